The maximum Gasteiger partial charge on any atom is 0.299 e. The molecule has 0 aliphatic heterocycles. The first kappa shape index (κ1) is 10.0. The lowest BCUT2D eigenvalue weighted by molar-refractivity contribution is 0.280. The van der Waals surface area contributed by atoms with E-state index < -0.39 is 5.82 Å². The van der Waals surface area contributed by atoms with Gasteiger partial charge in [-0.25, -0.2) is 4.39 Å². The van der Waals surface area contributed by atoms with Crippen molar-refractivity contribution in [1.29, 1.82) is 0 Å². The Morgan fingerprint density at radius 1 is 1.33 bits per heavy atom. The van der Waals surface area contributed by atoms with Gasteiger partial charge in [0, 0.05) is 0 Å². The van der Waals surface area contributed by atoms with Crippen LogP contribution in [0.4, 0.5) is 4.39 Å². The van der Waals surface area contributed by atoms with Crippen LogP contribution < -0.4 is 4.74 Å². The third-order valence-electron chi connectivity index (χ3n) is 1.62. The van der Waals surface area contributed by atoms with Gasteiger partial charge in [0.05, 0.1) is 6.61 Å². The van der Waals surface area contributed by atoms with Gasteiger partial charge in [-0.2, -0.15) is 0 Å². The number of para-hydroxylation sites is 1. The van der Waals surface area contributed by atoms with E-state index in [4.69, 9.17) is 9.84 Å². The van der Waals surface area contributed by atoms with E-state index in [1.54, 1.807) is 12.1 Å². The van der Waals surface area contributed by atoms with Crippen LogP contribution in [0.1, 0.15) is 5.01 Å². The number of aromatic nitrogens is 2. The predicted molar refractivity (Wildman–Crippen MR) is 52.3 cm³/mol. The molecule has 2 rings (SSSR count). The Morgan fingerprint density at radius 3 is 2.80 bits per heavy atom. The number of aliphatic hydroxyl groups is 1. The SMILES string of the molecule is OCc1nnc(Oc2ccccc2F)s1. The van der Waals surface area contributed by atoms with Crippen LogP contribution >= 0.6 is 11.3 Å². The van der Waals surface area contributed by atoms with Crippen LogP contribution in [0.3, 0.4) is 0 Å². The number of rotatable bonds is 3. The van der Waals surface area contributed by atoms with Gasteiger partial charge >= 0.3 is 0 Å². The van der Waals surface area contributed by atoms with Crippen LogP contribution in [0.5, 0.6) is 10.9 Å². The Kier molecular flexibility index (Phi) is 2.89. The first-order chi connectivity index (χ1) is 7.29. The van der Waals surface area contributed by atoms with Crippen molar-refractivity contribution in [1.82, 2.24) is 10.2 Å². The molecule has 0 aliphatic carbocycles. The highest BCUT2D eigenvalue weighted by Crippen LogP contribution is 2.26. The van der Waals surface area contributed by atoms with Crippen molar-refractivity contribution >= 4 is 11.3 Å². The largest absolute Gasteiger partial charge is 0.427 e. The van der Waals surface area contributed by atoms with Gasteiger partial charge in [0.15, 0.2) is 11.6 Å². The monoisotopic (exact) mass is 226 g/mol. The fourth-order valence-corrected chi connectivity index (χ4v) is 1.53. The molecule has 0 amide bonds. The quantitative estimate of drug-likeness (QED) is 0.869. The molecule has 0 spiro atoms. The molecule has 1 heterocycles. The van der Waals surface area contributed by atoms with E-state index in [1.807, 2.05) is 0 Å². The summed E-state index contributed by atoms with van der Waals surface area (Å²) in [6.45, 7) is -0.196. The molecule has 0 aliphatic rings. The lowest BCUT2D eigenvalue weighted by atomic mass is 10.3. The van der Waals surface area contributed by atoms with Crippen molar-refractivity contribution in [3.63, 3.8) is 0 Å². The predicted octanol–water partition coefficient (Wildman–Crippen LogP) is 1.96. The molecule has 0 saturated heterocycles. The Hall–Kier alpha value is -1.53. The standard InChI is InChI=1S/C9H7FN2O2S/c10-6-3-1-2-4-7(6)14-9-12-11-8(5-13)15-9/h1-4,13H,5H2. The molecule has 0 radical (unpaired) electrons. The smallest absolute Gasteiger partial charge is 0.299 e. The molecule has 1 aromatic heterocycles. The maximum absolute atomic E-state index is 13.1. The van der Waals surface area contributed by atoms with Crippen molar-refractivity contribution in [2.24, 2.45) is 0 Å². The zero-order valence-corrected chi connectivity index (χ0v) is 8.37. The highest BCUT2D eigenvalue weighted by molar-refractivity contribution is 7.13. The normalized spacial score (nSPS) is 10.3. The summed E-state index contributed by atoms with van der Waals surface area (Å²) in [6.07, 6.45) is 0. The summed E-state index contributed by atoms with van der Waals surface area (Å²) in [5, 5.41) is 16.7. The molecule has 2 aromatic rings. The molecule has 0 fully saturated rings. The Balaban J connectivity index is 2.18. The Bertz CT molecular complexity index is 461. The first-order valence-electron chi connectivity index (χ1n) is 4.15. The highest BCUT2D eigenvalue weighted by atomic mass is 32.1. The summed E-state index contributed by atoms with van der Waals surface area (Å²) >= 11 is 1.08. The number of hydrogen-bond acceptors (Lipinski definition) is 5. The van der Waals surface area contributed by atoms with Crippen LogP contribution in [0.2, 0.25) is 0 Å². The van der Waals surface area contributed by atoms with E-state index in [0.717, 1.165) is 11.3 Å². The second-order valence-electron chi connectivity index (χ2n) is 2.65. The number of nitrogens with zero attached hydrogens (tertiary/aromatic N) is 2. The van der Waals surface area contributed by atoms with Gasteiger partial charge in [-0.15, -0.1) is 5.10 Å². The van der Waals surface area contributed by atoms with E-state index >= 15 is 0 Å². The molecule has 0 bridgehead atoms. The molecule has 1 N–H and O–H groups in total. The summed E-state index contributed by atoms with van der Waals surface area (Å²) in [4.78, 5) is 0. The minimum Gasteiger partial charge on any atom is -0.427 e. The van der Waals surface area contributed by atoms with E-state index in [-0.39, 0.29) is 17.6 Å². The number of benzene rings is 1. The fraction of sp³-hybridized carbons (Fsp3) is 0.111. The van der Waals surface area contributed by atoms with Crippen LogP contribution in [-0.4, -0.2) is 15.3 Å². The zero-order valence-electron chi connectivity index (χ0n) is 7.55. The fourth-order valence-electron chi connectivity index (χ4n) is 0.965. The van der Waals surface area contributed by atoms with Crippen LogP contribution in [0.25, 0.3) is 0 Å². The van der Waals surface area contributed by atoms with Gasteiger partial charge in [0.25, 0.3) is 5.19 Å². The van der Waals surface area contributed by atoms with Gasteiger partial charge in [0.1, 0.15) is 5.01 Å². The van der Waals surface area contributed by atoms with Gasteiger partial charge in [-0.05, 0) is 12.1 Å². The number of hydrogen-bond donors (Lipinski definition) is 1. The van der Waals surface area contributed by atoms with Gasteiger partial charge in [0.2, 0.25) is 0 Å². The third kappa shape index (κ3) is 2.28. The van der Waals surface area contributed by atoms with Crippen LogP contribution in [0, 0.1) is 5.82 Å². The summed E-state index contributed by atoms with van der Waals surface area (Å²) < 4.78 is 18.3. The van der Waals surface area contributed by atoms with Gasteiger partial charge in [-0.3, -0.25) is 0 Å². The molecule has 15 heavy (non-hydrogen) atoms. The average Bonchev–Trinajstić information content (AvgIpc) is 2.69. The molecule has 78 valence electrons. The van der Waals surface area contributed by atoms with E-state index in [9.17, 15) is 4.39 Å². The minimum atomic E-state index is -0.460. The van der Waals surface area contributed by atoms with Crippen molar-refractivity contribution < 1.29 is 14.2 Å². The van der Waals surface area contributed by atoms with E-state index in [1.165, 1.54) is 12.1 Å². The summed E-state index contributed by atoms with van der Waals surface area (Å²) in [5.41, 5.74) is 0. The molecule has 4 nitrogen and oxygen atoms in total. The van der Waals surface area contributed by atoms with Crippen molar-refractivity contribution in [3.05, 3.63) is 35.1 Å². The molecule has 0 unspecified atom stereocenters. The van der Waals surface area contributed by atoms with Crippen molar-refractivity contribution in [2.75, 3.05) is 0 Å². The molecular weight excluding hydrogens is 219 g/mol. The van der Waals surface area contributed by atoms with Crippen molar-refractivity contribution in [2.45, 2.75) is 6.61 Å². The van der Waals surface area contributed by atoms with Crippen LogP contribution in [0.15, 0.2) is 24.3 Å². The summed E-state index contributed by atoms with van der Waals surface area (Å²) in [5.74, 6) is -0.364. The van der Waals surface area contributed by atoms with Crippen LogP contribution in [-0.2, 0) is 6.61 Å². The summed E-state index contributed by atoms with van der Waals surface area (Å²) in [7, 11) is 0. The van der Waals surface area contributed by atoms with E-state index in [0.29, 0.717) is 5.01 Å². The number of ether oxygens (including phenoxy) is 1. The highest BCUT2D eigenvalue weighted by Gasteiger charge is 2.08. The Labute approximate surface area is 89.0 Å². The second kappa shape index (κ2) is 4.33. The molecule has 1 aromatic carbocycles. The lowest BCUT2D eigenvalue weighted by Gasteiger charge is -2.00. The third-order valence-corrected chi connectivity index (χ3v) is 2.40. The molecular formula is C9H7FN2O2S. The second-order valence-corrected chi connectivity index (χ2v) is 3.68. The van der Waals surface area contributed by atoms with Gasteiger partial charge in [-0.1, -0.05) is 28.6 Å². The topological polar surface area (TPSA) is 55.2 Å². The first-order valence-corrected chi connectivity index (χ1v) is 4.97. The minimum absolute atomic E-state index is 0.0955. The lowest BCUT2D eigenvalue weighted by Crippen LogP contribution is -1.86. The van der Waals surface area contributed by atoms with Gasteiger partial charge < -0.3 is 9.84 Å². The summed E-state index contributed by atoms with van der Waals surface area (Å²) in [6, 6.07) is 6.02. The average molecular weight is 226 g/mol. The van der Waals surface area contributed by atoms with Crippen molar-refractivity contribution in [3.8, 4) is 10.9 Å². The molecule has 6 heteroatoms. The maximum atomic E-state index is 13.1. The number of halogens is 1. The molecule has 0 atom stereocenters. The molecule has 0 saturated carbocycles. The number of aliphatic hydroxyl groups excluding tert-OH is 1. The van der Waals surface area contributed by atoms with E-state index in [2.05, 4.69) is 10.2 Å². The Morgan fingerprint density at radius 2 is 2.13 bits per heavy atom. The zero-order chi connectivity index (χ0) is 10.7.